The van der Waals surface area contributed by atoms with Crippen LogP contribution in [0.4, 0.5) is 4.39 Å². The molecule has 0 spiro atoms. The number of carboxylic acids is 1. The summed E-state index contributed by atoms with van der Waals surface area (Å²) >= 11 is 0. The van der Waals surface area contributed by atoms with E-state index in [1.54, 1.807) is 39.1 Å². The second kappa shape index (κ2) is 12.8. The summed E-state index contributed by atoms with van der Waals surface area (Å²) in [6.45, 7) is 12.6. The van der Waals surface area contributed by atoms with Crippen LogP contribution in [-0.4, -0.2) is 71.3 Å². The minimum atomic E-state index is -1.17. The van der Waals surface area contributed by atoms with Gasteiger partial charge in [0.05, 0.1) is 25.3 Å². The van der Waals surface area contributed by atoms with E-state index in [0.717, 1.165) is 0 Å². The van der Waals surface area contributed by atoms with Crippen molar-refractivity contribution in [3.05, 3.63) is 51.8 Å². The zero-order chi connectivity index (χ0) is 31.5. The van der Waals surface area contributed by atoms with Crippen LogP contribution in [0, 0.1) is 11.2 Å². The molecular weight excluding hydrogens is 545 g/mol. The number of amides is 1. The number of halogens is 1. The topological polar surface area (TPSA) is 129 Å². The van der Waals surface area contributed by atoms with E-state index < -0.39 is 23.3 Å². The zero-order valence-corrected chi connectivity index (χ0v) is 25.5. The van der Waals surface area contributed by atoms with Crippen LogP contribution in [0.5, 0.6) is 17.2 Å². The lowest BCUT2D eigenvalue weighted by molar-refractivity contribution is -0.144. The van der Waals surface area contributed by atoms with Crippen molar-refractivity contribution < 1.29 is 38.1 Å². The first-order chi connectivity index (χ1) is 19.6. The molecule has 1 amide bonds. The van der Waals surface area contributed by atoms with Gasteiger partial charge in [0.2, 0.25) is 5.91 Å². The van der Waals surface area contributed by atoms with Crippen molar-refractivity contribution in [2.24, 2.45) is 0 Å². The molecule has 0 fully saturated rings. The van der Waals surface area contributed by atoms with Gasteiger partial charge in [0.25, 0.3) is 0 Å². The number of carboxylic acid groups (broad SMARTS) is 1. The number of carbonyl (C=O) groups is 3. The largest absolute Gasteiger partial charge is 0.490 e. The molecule has 228 valence electrons. The predicted molar refractivity (Wildman–Crippen MR) is 155 cm³/mol. The molecule has 42 heavy (non-hydrogen) atoms. The average molecular weight is 586 g/mol. The van der Waals surface area contributed by atoms with Gasteiger partial charge in [0.1, 0.15) is 11.6 Å². The molecule has 10 nitrogen and oxygen atoms in total. The van der Waals surface area contributed by atoms with Crippen LogP contribution in [0.25, 0.3) is 0 Å². The summed E-state index contributed by atoms with van der Waals surface area (Å²) in [6, 6.07) is 4.90. The van der Waals surface area contributed by atoms with Crippen molar-refractivity contribution in [3.8, 4) is 17.2 Å². The van der Waals surface area contributed by atoms with Crippen molar-refractivity contribution in [1.29, 1.82) is 5.41 Å². The van der Waals surface area contributed by atoms with Gasteiger partial charge in [-0.25, -0.2) is 9.18 Å². The number of carbonyl (C=O) groups excluding carboxylic acids is 2. The molecular formula is C31H40FN3O7. The number of benzene rings is 2. The molecule has 2 N–H and O–H groups in total. The number of fused-ring (bicyclic) bond motifs is 1. The summed E-state index contributed by atoms with van der Waals surface area (Å²) < 4.78 is 32.5. The molecule has 0 aliphatic carbocycles. The Morgan fingerprint density at radius 3 is 2.31 bits per heavy atom. The number of hydrogen-bond donors (Lipinski definition) is 2. The van der Waals surface area contributed by atoms with E-state index >= 15 is 4.39 Å². The smallest absolute Gasteiger partial charge is 0.344 e. The van der Waals surface area contributed by atoms with Crippen LogP contribution in [0.2, 0.25) is 0 Å². The Balaban J connectivity index is 2.03. The highest BCUT2D eigenvalue weighted by atomic mass is 19.1. The van der Waals surface area contributed by atoms with Crippen LogP contribution in [0.1, 0.15) is 81.1 Å². The molecule has 1 aliphatic rings. The minimum absolute atomic E-state index is 0.0590. The Morgan fingerprint density at radius 1 is 1.12 bits per heavy atom. The predicted octanol–water partition coefficient (Wildman–Crippen LogP) is 4.77. The van der Waals surface area contributed by atoms with Crippen molar-refractivity contribution >= 4 is 23.5 Å². The third-order valence-electron chi connectivity index (χ3n) is 6.99. The van der Waals surface area contributed by atoms with Gasteiger partial charge in [0.15, 0.2) is 29.2 Å². The van der Waals surface area contributed by atoms with Crippen LogP contribution in [0.3, 0.4) is 0 Å². The van der Waals surface area contributed by atoms with E-state index in [9.17, 15) is 19.5 Å². The van der Waals surface area contributed by atoms with Crippen molar-refractivity contribution in [1.82, 2.24) is 9.80 Å². The number of nitrogens with zero attached hydrogens (tertiary/aromatic N) is 2. The number of ketones is 1. The van der Waals surface area contributed by atoms with Gasteiger partial charge >= 0.3 is 5.97 Å². The highest BCUT2D eigenvalue weighted by Crippen LogP contribution is 2.40. The molecule has 11 heteroatoms. The molecule has 0 saturated carbocycles. The third kappa shape index (κ3) is 6.83. The molecule has 0 bridgehead atoms. The van der Waals surface area contributed by atoms with Gasteiger partial charge in [-0.1, -0.05) is 20.8 Å². The average Bonchev–Trinajstić information content (AvgIpc) is 3.20. The van der Waals surface area contributed by atoms with Crippen LogP contribution < -0.4 is 14.2 Å². The molecule has 0 saturated heterocycles. The summed E-state index contributed by atoms with van der Waals surface area (Å²) in [5.41, 5.74) is 1.41. The van der Waals surface area contributed by atoms with E-state index in [1.807, 2.05) is 20.8 Å². The van der Waals surface area contributed by atoms with E-state index in [1.165, 1.54) is 23.6 Å². The van der Waals surface area contributed by atoms with E-state index in [0.29, 0.717) is 34.6 Å². The van der Waals surface area contributed by atoms with E-state index in [2.05, 4.69) is 0 Å². The maximum Gasteiger partial charge on any atom is 0.344 e. The molecule has 0 aromatic heterocycles. The number of amidine groups is 1. The number of ether oxygens (including phenoxy) is 3. The summed E-state index contributed by atoms with van der Waals surface area (Å²) in [6.07, 6.45) is -1.17. The molecule has 0 radical (unpaired) electrons. The zero-order valence-electron chi connectivity index (χ0n) is 25.5. The Labute approximate surface area is 245 Å². The van der Waals surface area contributed by atoms with E-state index in [4.69, 9.17) is 19.6 Å². The first-order valence-corrected chi connectivity index (χ1v) is 13.9. The quantitative estimate of drug-likeness (QED) is 0.341. The second-order valence-corrected chi connectivity index (χ2v) is 11.3. The molecule has 2 aromatic rings. The summed E-state index contributed by atoms with van der Waals surface area (Å²) in [5, 5.41) is 18.2. The Bertz CT molecular complexity index is 1400. The maximum absolute atomic E-state index is 15.5. The molecule has 1 aliphatic heterocycles. The lowest BCUT2D eigenvalue weighted by Crippen LogP contribution is -2.31. The van der Waals surface area contributed by atoms with Gasteiger partial charge in [0, 0.05) is 43.8 Å². The highest BCUT2D eigenvalue weighted by molar-refractivity contribution is 6.06. The van der Waals surface area contributed by atoms with Crippen LogP contribution in [-0.2, 0) is 28.1 Å². The van der Waals surface area contributed by atoms with Gasteiger partial charge in [-0.3, -0.25) is 15.0 Å². The first-order valence-electron chi connectivity index (χ1n) is 13.9. The Hall–Kier alpha value is -4.15. The van der Waals surface area contributed by atoms with Crippen molar-refractivity contribution in [2.45, 2.75) is 73.1 Å². The Kier molecular flexibility index (Phi) is 9.86. The minimum Gasteiger partial charge on any atom is -0.490 e. The summed E-state index contributed by atoms with van der Waals surface area (Å²) in [7, 11) is 1.60. The van der Waals surface area contributed by atoms with Crippen LogP contribution >= 0.6 is 0 Å². The maximum atomic E-state index is 15.5. The molecule has 1 atom stereocenters. The normalized spacial score (nSPS) is 13.5. The lowest BCUT2D eigenvalue weighted by atomic mass is 9.83. The Morgan fingerprint density at radius 2 is 1.76 bits per heavy atom. The molecule has 3 rings (SSSR count). The fourth-order valence-corrected chi connectivity index (χ4v) is 4.68. The molecule has 1 heterocycles. The van der Waals surface area contributed by atoms with Gasteiger partial charge in [-0.15, -0.1) is 0 Å². The lowest BCUT2D eigenvalue weighted by Gasteiger charge is -2.28. The van der Waals surface area contributed by atoms with E-state index in [-0.39, 0.29) is 60.8 Å². The number of hydrogen-bond acceptors (Lipinski definition) is 7. The van der Waals surface area contributed by atoms with Gasteiger partial charge in [-0.2, -0.15) is 0 Å². The first kappa shape index (κ1) is 32.4. The fourth-order valence-electron chi connectivity index (χ4n) is 4.68. The van der Waals surface area contributed by atoms with Crippen LogP contribution in [0.15, 0.2) is 18.2 Å². The standard InChI is InChI=1S/C31H40FN3O7/c1-9-40-24-13-20-15-35(29(33)25(20)26(32)28(24)41-10-2)16-23(37)19-11-21(14-34(8)18(4)36)27(42-17(3)30(38)39)22(12-19)31(5,6)7/h11-13,17,33H,9-10,14-16H2,1-8H3,(H,38,39). The fraction of sp³-hybridized carbons (Fsp3) is 0.484. The van der Waals surface area contributed by atoms with Gasteiger partial charge < -0.3 is 29.1 Å². The van der Waals surface area contributed by atoms with Gasteiger partial charge in [-0.05, 0) is 49.9 Å². The number of Topliss-reactive ketones (excluding diaryl/α,β-unsaturated/α-hetero) is 1. The third-order valence-corrected chi connectivity index (χ3v) is 6.99. The summed E-state index contributed by atoms with van der Waals surface area (Å²) in [5.74, 6) is -2.05. The highest BCUT2D eigenvalue weighted by Gasteiger charge is 2.34. The second-order valence-electron chi connectivity index (χ2n) is 11.3. The van der Waals surface area contributed by atoms with Crippen molar-refractivity contribution in [2.75, 3.05) is 26.8 Å². The number of nitrogens with one attached hydrogen (secondary N) is 1. The number of rotatable bonds is 12. The SMILES string of the molecule is CCOc1cc2c(c(F)c1OCC)C(=N)N(CC(=O)c1cc(CN(C)C(C)=O)c(OC(C)C(=O)O)c(C(C)(C)C)c1)C2. The summed E-state index contributed by atoms with van der Waals surface area (Å²) in [4.78, 5) is 40.3. The monoisotopic (exact) mass is 585 g/mol. The molecule has 2 aromatic carbocycles. The van der Waals surface area contributed by atoms with Crippen molar-refractivity contribution in [3.63, 3.8) is 0 Å². The molecule has 1 unspecified atom stereocenters. The number of aliphatic carboxylic acids is 1.